The molecule has 0 amide bonds. The molecule has 1 unspecified atom stereocenters. The number of ketones is 1. The molecule has 1 aliphatic heterocycles. The Morgan fingerprint density at radius 3 is 2.08 bits per heavy atom. The van der Waals surface area contributed by atoms with Crippen LogP contribution in [0.1, 0.15) is 119 Å². The number of carboxylic acid groups (broad SMARTS) is 1. The fourth-order valence-electron chi connectivity index (χ4n) is 7.46. The van der Waals surface area contributed by atoms with E-state index in [9.17, 15) is 40.6 Å². The van der Waals surface area contributed by atoms with E-state index in [0.29, 0.717) is 45.5 Å². The summed E-state index contributed by atoms with van der Waals surface area (Å²) < 4.78 is 81.8. The normalized spacial score (nSPS) is 18.4. The van der Waals surface area contributed by atoms with Crippen LogP contribution in [0.25, 0.3) is 17.2 Å². The van der Waals surface area contributed by atoms with Crippen LogP contribution >= 0.6 is 0 Å². The van der Waals surface area contributed by atoms with Crippen LogP contribution < -0.4 is 20.3 Å². The standard InChI is InChI=1S/C35H36O9S2.C6H12O/c1-6-19-14-35(4,5)17-28-25(19)13-27-30(22-9-7-8-10-23(22)33(36)37)26-12-24-20(11-29(26)44-31(27)32(28)46(41,42)43)15-34(2,3)16-21(24)18-45(38,39)40;1-5(7)6(2,3)4/h7-15,21H,6,16-18H2,1-5H3,(H,36,37)(H,38,39,40)(H,41,42,43);1-4H3/p-3. The van der Waals surface area contributed by atoms with Gasteiger partial charge in [-0.25, -0.2) is 16.8 Å². The summed E-state index contributed by atoms with van der Waals surface area (Å²) in [5.41, 5.74) is 1.76. The van der Waals surface area contributed by atoms with Gasteiger partial charge in [-0.1, -0.05) is 91.8 Å². The van der Waals surface area contributed by atoms with Crippen LogP contribution in [-0.4, -0.2) is 43.4 Å². The largest absolute Gasteiger partial charge is 0.748 e. The minimum absolute atomic E-state index is 0.139. The minimum Gasteiger partial charge on any atom is -0.748 e. The summed E-state index contributed by atoms with van der Waals surface area (Å²) >= 11 is 0. The molecule has 0 bridgehead atoms. The molecule has 0 saturated heterocycles. The molecule has 284 valence electrons. The average Bonchev–Trinajstić information content (AvgIpc) is 2.99. The summed E-state index contributed by atoms with van der Waals surface area (Å²) in [5, 5.41) is 13.4. The van der Waals surface area contributed by atoms with Crippen molar-refractivity contribution in [2.24, 2.45) is 16.2 Å². The average molecular weight is 762 g/mol. The molecule has 0 fully saturated rings. The van der Waals surface area contributed by atoms with E-state index in [1.54, 1.807) is 37.3 Å². The lowest BCUT2D eigenvalue weighted by molar-refractivity contribution is -0.255. The van der Waals surface area contributed by atoms with Gasteiger partial charge in [0, 0.05) is 33.1 Å². The lowest BCUT2D eigenvalue weighted by atomic mass is 9.73. The fourth-order valence-corrected chi connectivity index (χ4v) is 9.11. The molecule has 0 N–H and O–H groups in total. The Bertz CT molecular complexity index is 2430. The number of allylic oxidation sites excluding steroid dienone is 2. The van der Waals surface area contributed by atoms with Gasteiger partial charge in [-0.15, -0.1) is 0 Å². The van der Waals surface area contributed by atoms with Crippen LogP contribution in [0.15, 0.2) is 53.4 Å². The maximum atomic E-state index is 13.1. The van der Waals surface area contributed by atoms with Crippen LogP contribution in [0.4, 0.5) is 0 Å². The Morgan fingerprint density at radius 2 is 1.53 bits per heavy atom. The van der Waals surface area contributed by atoms with Gasteiger partial charge in [0.2, 0.25) is 0 Å². The number of aromatic carboxylic acids is 1. The van der Waals surface area contributed by atoms with Crippen LogP contribution in [0.2, 0.25) is 0 Å². The molecular weight excluding hydrogens is 717 g/mol. The number of benzene rings is 3. The summed E-state index contributed by atoms with van der Waals surface area (Å²) in [6.07, 6.45) is 5.16. The molecule has 0 radical (unpaired) electrons. The molecule has 0 aromatic heterocycles. The van der Waals surface area contributed by atoms with E-state index in [0.717, 1.165) is 5.57 Å². The number of rotatable bonds is 6. The number of fused-ring (bicyclic) bond motifs is 4. The summed E-state index contributed by atoms with van der Waals surface area (Å²) in [4.78, 5) is 22.4. The molecule has 1 atom stereocenters. The lowest BCUT2D eigenvalue weighted by Gasteiger charge is -2.36. The molecule has 2 aliphatic carbocycles. The predicted molar refractivity (Wildman–Crippen MR) is 199 cm³/mol. The van der Waals surface area contributed by atoms with Crippen molar-refractivity contribution in [3.05, 3.63) is 92.4 Å². The monoisotopic (exact) mass is 761 g/mol. The zero-order valence-electron chi connectivity index (χ0n) is 31.5. The number of carbonyl (C=O) groups excluding carboxylic acids is 2. The fraction of sp³-hybridized carbons (Fsp3) is 0.415. The molecule has 6 rings (SSSR count). The number of Topliss-reactive ketones (excluding diaryl/α,β-unsaturated/α-hetero) is 1. The third-order valence-corrected chi connectivity index (χ3v) is 11.8. The third kappa shape index (κ3) is 8.36. The van der Waals surface area contributed by atoms with Crippen molar-refractivity contribution in [2.75, 3.05) is 5.75 Å². The Hall–Kier alpha value is -4.10. The maximum Gasteiger partial charge on any atom is 0.153 e. The second-order valence-corrected chi connectivity index (χ2v) is 19.4. The SMILES string of the molecule is CC(=O)C(C)(C)C.CCC1=CC(C)(C)Cc2c1cc1c(c2S(=O)(=O)[O-])Oc2cc3c(cc2=C1c1ccccc1C(=O)[O-])C(CS(=O)(=O)[O-])CC(C)(C)C=3. The first-order valence-electron chi connectivity index (χ1n) is 17.5. The van der Waals surface area contributed by atoms with Crippen molar-refractivity contribution in [3.8, 4) is 11.5 Å². The minimum atomic E-state index is -5.12. The molecule has 53 heavy (non-hydrogen) atoms. The van der Waals surface area contributed by atoms with Crippen molar-refractivity contribution in [1.82, 2.24) is 0 Å². The topological polar surface area (TPSA) is 181 Å². The molecule has 0 saturated carbocycles. The Kier molecular flexibility index (Phi) is 10.3. The van der Waals surface area contributed by atoms with Gasteiger partial charge in [-0.05, 0) is 94.2 Å². The molecule has 10 nitrogen and oxygen atoms in total. The van der Waals surface area contributed by atoms with E-state index in [2.05, 4.69) is 6.08 Å². The zero-order chi connectivity index (χ0) is 39.6. The van der Waals surface area contributed by atoms with Gasteiger partial charge in [0.05, 0.1) is 16.1 Å². The highest BCUT2D eigenvalue weighted by molar-refractivity contribution is 7.86. The molecule has 3 aliphatic rings. The Morgan fingerprint density at radius 1 is 0.906 bits per heavy atom. The van der Waals surface area contributed by atoms with E-state index < -0.39 is 53.6 Å². The molecular formula is C41H45O10S2-3. The van der Waals surface area contributed by atoms with Crippen LogP contribution in [0, 0.1) is 16.2 Å². The highest BCUT2D eigenvalue weighted by Gasteiger charge is 2.36. The first-order valence-corrected chi connectivity index (χ1v) is 20.4. The van der Waals surface area contributed by atoms with E-state index >= 15 is 0 Å². The van der Waals surface area contributed by atoms with Crippen molar-refractivity contribution >= 4 is 49.2 Å². The smallest absolute Gasteiger partial charge is 0.153 e. The van der Waals surface area contributed by atoms with Gasteiger partial charge in [-0.3, -0.25) is 4.79 Å². The quantitative estimate of drug-likeness (QED) is 0.239. The highest BCUT2D eigenvalue weighted by Crippen LogP contribution is 2.49. The summed E-state index contributed by atoms with van der Waals surface area (Å²) in [5.74, 6) is -2.55. The number of hydrogen-bond acceptors (Lipinski definition) is 10. The number of hydrogen-bond donors (Lipinski definition) is 0. The molecule has 0 spiro atoms. The number of carboxylic acids is 1. The van der Waals surface area contributed by atoms with E-state index in [-0.39, 0.29) is 45.8 Å². The van der Waals surface area contributed by atoms with Gasteiger partial charge >= 0.3 is 0 Å². The number of carbonyl (C=O) groups is 2. The Labute approximate surface area is 311 Å². The number of ether oxygens (including phenoxy) is 1. The molecule has 3 aromatic carbocycles. The van der Waals surface area contributed by atoms with Crippen LogP contribution in [-0.2, 0) is 31.5 Å². The maximum absolute atomic E-state index is 13.1. The molecule has 12 heteroatoms. The summed E-state index contributed by atoms with van der Waals surface area (Å²) in [6.45, 7) is 17.0. The Balaban J connectivity index is 0.000000705. The first kappa shape index (κ1) is 40.1. The van der Waals surface area contributed by atoms with Gasteiger partial charge in [0.25, 0.3) is 0 Å². The molecule has 1 heterocycles. The second kappa shape index (κ2) is 13.6. The van der Waals surface area contributed by atoms with Crippen molar-refractivity contribution < 1.29 is 45.4 Å². The van der Waals surface area contributed by atoms with E-state index in [1.165, 1.54) is 12.1 Å². The van der Waals surface area contributed by atoms with Crippen molar-refractivity contribution in [2.45, 2.75) is 92.4 Å². The first-order chi connectivity index (χ1) is 24.2. The highest BCUT2D eigenvalue weighted by atomic mass is 32.2. The van der Waals surface area contributed by atoms with Gasteiger partial charge in [0.1, 0.15) is 26.5 Å². The van der Waals surface area contributed by atoms with Crippen LogP contribution in [0.5, 0.6) is 11.5 Å². The second-order valence-electron chi connectivity index (χ2n) is 16.6. The van der Waals surface area contributed by atoms with Gasteiger partial charge < -0.3 is 23.7 Å². The summed E-state index contributed by atoms with van der Waals surface area (Å²) in [7, 11) is -9.74. The van der Waals surface area contributed by atoms with Gasteiger partial charge in [0.15, 0.2) is 5.75 Å². The molecule has 3 aromatic rings. The predicted octanol–water partition coefficient (Wildman–Crippen LogP) is 5.14. The van der Waals surface area contributed by atoms with Crippen LogP contribution in [0.3, 0.4) is 0 Å². The third-order valence-electron chi connectivity index (χ3n) is 10.1. The van der Waals surface area contributed by atoms with E-state index in [1.807, 2.05) is 61.5 Å². The van der Waals surface area contributed by atoms with E-state index in [4.69, 9.17) is 4.74 Å². The van der Waals surface area contributed by atoms with Crippen molar-refractivity contribution in [3.63, 3.8) is 0 Å². The summed E-state index contributed by atoms with van der Waals surface area (Å²) in [6, 6.07) is 11.2. The van der Waals surface area contributed by atoms with Crippen molar-refractivity contribution in [1.29, 1.82) is 0 Å². The lowest BCUT2D eigenvalue weighted by Crippen LogP contribution is -2.34. The zero-order valence-corrected chi connectivity index (χ0v) is 33.1. The van der Waals surface area contributed by atoms with Gasteiger partial charge in [-0.2, -0.15) is 0 Å².